The van der Waals surface area contributed by atoms with E-state index >= 15 is 0 Å². The third-order valence-electron chi connectivity index (χ3n) is 3.51. The first-order valence-corrected chi connectivity index (χ1v) is 7.13. The summed E-state index contributed by atoms with van der Waals surface area (Å²) in [5, 5.41) is 3.63. The molecule has 1 N–H and O–H groups in total. The molecule has 0 bridgehead atoms. The predicted molar refractivity (Wildman–Crippen MR) is 76.1 cm³/mol. The third-order valence-corrected chi connectivity index (χ3v) is 4.14. The maximum Gasteiger partial charge on any atom is 0.129 e. The highest BCUT2D eigenvalue weighted by Crippen LogP contribution is 2.39. The number of hydrogen-bond acceptors (Lipinski definition) is 2. The van der Waals surface area contributed by atoms with E-state index in [9.17, 15) is 0 Å². The average molecular weight is 297 g/mol. The molecule has 1 aromatic heterocycles. The fourth-order valence-electron chi connectivity index (χ4n) is 3.17. The Hall–Kier alpha value is -0.570. The molecule has 1 aliphatic carbocycles. The van der Waals surface area contributed by atoms with Crippen molar-refractivity contribution in [1.82, 2.24) is 4.98 Å². The van der Waals surface area contributed by atoms with Gasteiger partial charge >= 0.3 is 0 Å². The van der Waals surface area contributed by atoms with E-state index in [1.165, 1.54) is 19.3 Å². The lowest BCUT2D eigenvalue weighted by Crippen LogP contribution is -2.35. The van der Waals surface area contributed by atoms with Gasteiger partial charge in [-0.15, -0.1) is 0 Å². The topological polar surface area (TPSA) is 24.9 Å². The van der Waals surface area contributed by atoms with Gasteiger partial charge < -0.3 is 5.32 Å². The minimum absolute atomic E-state index is 0.448. The van der Waals surface area contributed by atoms with Gasteiger partial charge in [0, 0.05) is 12.2 Å². The number of nitrogens with zero attached hydrogens (tertiary/aromatic N) is 1. The van der Waals surface area contributed by atoms with Crippen LogP contribution in [0.3, 0.4) is 0 Å². The first-order chi connectivity index (χ1) is 7.96. The second-order valence-corrected chi connectivity index (χ2v) is 6.85. The lowest BCUT2D eigenvalue weighted by Gasteiger charge is -2.39. The monoisotopic (exact) mass is 296 g/mol. The highest BCUT2D eigenvalue weighted by molar-refractivity contribution is 9.10. The summed E-state index contributed by atoms with van der Waals surface area (Å²) >= 11 is 3.49. The third kappa shape index (κ3) is 3.44. The molecule has 1 aromatic rings. The molecular formula is C14H21BrN2. The Morgan fingerprint density at radius 2 is 2.18 bits per heavy atom. The van der Waals surface area contributed by atoms with Crippen LogP contribution in [0.5, 0.6) is 0 Å². The summed E-state index contributed by atoms with van der Waals surface area (Å²) in [5.41, 5.74) is 1.56. The summed E-state index contributed by atoms with van der Waals surface area (Å²) in [4.78, 5) is 4.25. The Morgan fingerprint density at radius 1 is 1.41 bits per heavy atom. The number of rotatable bonds is 2. The Balaban J connectivity index is 2.06. The second-order valence-electron chi connectivity index (χ2n) is 6.10. The van der Waals surface area contributed by atoms with Gasteiger partial charge in [0.1, 0.15) is 4.60 Å². The van der Waals surface area contributed by atoms with E-state index < -0.39 is 0 Å². The molecule has 0 saturated heterocycles. The van der Waals surface area contributed by atoms with Crippen molar-refractivity contribution in [2.24, 2.45) is 11.3 Å². The number of halogens is 1. The summed E-state index contributed by atoms with van der Waals surface area (Å²) < 4.78 is 0.913. The maximum atomic E-state index is 4.25. The normalized spacial score (nSPS) is 27.8. The first kappa shape index (κ1) is 12.9. The molecule has 0 aliphatic heterocycles. The van der Waals surface area contributed by atoms with Crippen molar-refractivity contribution in [2.45, 2.75) is 46.1 Å². The molecule has 0 spiro atoms. The predicted octanol–water partition coefficient (Wildman–Crippen LogP) is 4.47. The van der Waals surface area contributed by atoms with Crippen LogP contribution in [0.2, 0.25) is 0 Å². The molecule has 1 fully saturated rings. The van der Waals surface area contributed by atoms with Crippen LogP contribution in [0.4, 0.5) is 5.69 Å². The van der Waals surface area contributed by atoms with E-state index in [2.05, 4.69) is 53.1 Å². The molecule has 2 atom stereocenters. The fraction of sp³-hybridized carbons (Fsp3) is 0.643. The van der Waals surface area contributed by atoms with Crippen LogP contribution in [-0.2, 0) is 0 Å². The molecule has 1 aliphatic rings. The molecule has 17 heavy (non-hydrogen) atoms. The van der Waals surface area contributed by atoms with Crippen LogP contribution in [0.25, 0.3) is 0 Å². The summed E-state index contributed by atoms with van der Waals surface area (Å²) in [6.45, 7) is 7.10. The lowest BCUT2D eigenvalue weighted by atomic mass is 9.70. The summed E-state index contributed by atoms with van der Waals surface area (Å²) in [6.07, 6.45) is 5.63. The van der Waals surface area contributed by atoms with Gasteiger partial charge in [-0.2, -0.15) is 0 Å². The van der Waals surface area contributed by atoms with Crippen LogP contribution < -0.4 is 5.32 Å². The highest BCUT2D eigenvalue weighted by Gasteiger charge is 2.32. The highest BCUT2D eigenvalue weighted by atomic mass is 79.9. The number of hydrogen-bond donors (Lipinski definition) is 1. The van der Waals surface area contributed by atoms with Gasteiger partial charge in [-0.25, -0.2) is 4.98 Å². The van der Waals surface area contributed by atoms with E-state index in [4.69, 9.17) is 0 Å². The minimum Gasteiger partial charge on any atom is -0.380 e. The van der Waals surface area contributed by atoms with E-state index in [-0.39, 0.29) is 0 Å². The van der Waals surface area contributed by atoms with Crippen LogP contribution in [0, 0.1) is 11.3 Å². The summed E-state index contributed by atoms with van der Waals surface area (Å²) in [5.74, 6) is 0.798. The molecule has 1 heterocycles. The fourth-order valence-corrected chi connectivity index (χ4v) is 3.53. The Morgan fingerprint density at radius 3 is 2.82 bits per heavy atom. The SMILES string of the molecule is CC1CC(Nc2cccnc2Br)CC(C)(C)C1. The van der Waals surface area contributed by atoms with Crippen molar-refractivity contribution in [3.05, 3.63) is 22.9 Å². The molecule has 1 saturated carbocycles. The van der Waals surface area contributed by atoms with Crippen LogP contribution in [-0.4, -0.2) is 11.0 Å². The van der Waals surface area contributed by atoms with E-state index in [1.54, 1.807) is 0 Å². The maximum absolute atomic E-state index is 4.25. The molecule has 2 nitrogen and oxygen atoms in total. The van der Waals surface area contributed by atoms with Gasteiger partial charge in [0.15, 0.2) is 0 Å². The van der Waals surface area contributed by atoms with Crippen molar-refractivity contribution in [3.8, 4) is 0 Å². The Labute approximate surface area is 112 Å². The minimum atomic E-state index is 0.448. The van der Waals surface area contributed by atoms with Crippen molar-refractivity contribution < 1.29 is 0 Å². The van der Waals surface area contributed by atoms with Gasteiger partial charge in [-0.3, -0.25) is 0 Å². The first-order valence-electron chi connectivity index (χ1n) is 6.33. The molecule has 2 rings (SSSR count). The molecule has 0 radical (unpaired) electrons. The van der Waals surface area contributed by atoms with Gasteiger partial charge in [0.05, 0.1) is 5.69 Å². The zero-order valence-electron chi connectivity index (χ0n) is 10.8. The Bertz CT molecular complexity index is 390. The molecule has 94 valence electrons. The second kappa shape index (κ2) is 4.97. The van der Waals surface area contributed by atoms with Gasteiger partial charge in [-0.05, 0) is 58.7 Å². The number of aromatic nitrogens is 1. The molecule has 0 amide bonds. The molecule has 2 unspecified atom stereocenters. The number of anilines is 1. The van der Waals surface area contributed by atoms with Crippen LogP contribution in [0.15, 0.2) is 22.9 Å². The van der Waals surface area contributed by atoms with E-state index in [0.717, 1.165) is 16.2 Å². The standard InChI is InChI=1S/C14H21BrN2/c1-10-7-11(9-14(2,3)8-10)17-12-5-4-6-16-13(12)15/h4-6,10-11,17H,7-9H2,1-3H3. The Kier molecular flexibility index (Phi) is 3.76. The lowest BCUT2D eigenvalue weighted by molar-refractivity contribution is 0.178. The van der Waals surface area contributed by atoms with Crippen molar-refractivity contribution >= 4 is 21.6 Å². The summed E-state index contributed by atoms with van der Waals surface area (Å²) in [7, 11) is 0. The molecule has 0 aromatic carbocycles. The number of pyridine rings is 1. The molecule has 3 heteroatoms. The van der Waals surface area contributed by atoms with Crippen LogP contribution in [0.1, 0.15) is 40.0 Å². The van der Waals surface area contributed by atoms with Crippen molar-refractivity contribution in [2.75, 3.05) is 5.32 Å². The largest absolute Gasteiger partial charge is 0.380 e. The number of nitrogens with one attached hydrogen (secondary N) is 1. The van der Waals surface area contributed by atoms with E-state index in [1.807, 2.05) is 12.3 Å². The average Bonchev–Trinajstić information content (AvgIpc) is 2.18. The van der Waals surface area contributed by atoms with Crippen LogP contribution >= 0.6 is 15.9 Å². The smallest absolute Gasteiger partial charge is 0.129 e. The zero-order chi connectivity index (χ0) is 12.5. The van der Waals surface area contributed by atoms with E-state index in [0.29, 0.717) is 11.5 Å². The van der Waals surface area contributed by atoms with Gasteiger partial charge in [0.25, 0.3) is 0 Å². The van der Waals surface area contributed by atoms with Gasteiger partial charge in [-0.1, -0.05) is 20.8 Å². The quantitative estimate of drug-likeness (QED) is 0.815. The summed E-state index contributed by atoms with van der Waals surface area (Å²) in [6, 6.07) is 4.63. The zero-order valence-corrected chi connectivity index (χ0v) is 12.4. The molecular weight excluding hydrogens is 276 g/mol. The van der Waals surface area contributed by atoms with Crippen molar-refractivity contribution in [1.29, 1.82) is 0 Å². The van der Waals surface area contributed by atoms with Crippen molar-refractivity contribution in [3.63, 3.8) is 0 Å². The van der Waals surface area contributed by atoms with Gasteiger partial charge in [0.2, 0.25) is 0 Å².